The maximum Gasteiger partial charge on any atom is 0.123 e. The molecule has 0 aliphatic heterocycles. The molecular formula is C17H20FN. The molecule has 0 amide bonds. The van der Waals surface area contributed by atoms with E-state index in [2.05, 4.69) is 31.2 Å². The zero-order valence-corrected chi connectivity index (χ0v) is 11.7. The highest BCUT2D eigenvalue weighted by atomic mass is 19.1. The normalized spacial score (nSPS) is 14.2. The quantitative estimate of drug-likeness (QED) is 0.887. The van der Waals surface area contributed by atoms with Gasteiger partial charge in [0.1, 0.15) is 5.82 Å². The highest BCUT2D eigenvalue weighted by Gasteiger charge is 2.22. The molecule has 0 fully saturated rings. The highest BCUT2D eigenvalue weighted by molar-refractivity contribution is 5.33. The van der Waals surface area contributed by atoms with Crippen LogP contribution in [0.25, 0.3) is 0 Å². The topological polar surface area (TPSA) is 26.0 Å². The van der Waals surface area contributed by atoms with Gasteiger partial charge in [-0.15, -0.1) is 0 Å². The van der Waals surface area contributed by atoms with Crippen LogP contribution in [0.2, 0.25) is 0 Å². The molecule has 2 N–H and O–H groups in total. The summed E-state index contributed by atoms with van der Waals surface area (Å²) < 4.78 is 13.1. The van der Waals surface area contributed by atoms with Gasteiger partial charge in [-0.25, -0.2) is 4.39 Å². The molecule has 0 saturated heterocycles. The number of hydrogen-bond donors (Lipinski definition) is 1. The summed E-state index contributed by atoms with van der Waals surface area (Å²) in [5, 5.41) is 0. The molecule has 1 atom stereocenters. The van der Waals surface area contributed by atoms with E-state index in [1.165, 1.54) is 11.6 Å². The average Bonchev–Trinajstić information content (AvgIpc) is 2.33. The Bertz CT molecular complexity index is 570. The molecule has 0 bridgehead atoms. The van der Waals surface area contributed by atoms with E-state index < -0.39 is 5.54 Å². The van der Waals surface area contributed by atoms with Crippen LogP contribution >= 0.6 is 0 Å². The third kappa shape index (κ3) is 3.21. The van der Waals surface area contributed by atoms with Gasteiger partial charge in [-0.3, -0.25) is 0 Å². The van der Waals surface area contributed by atoms with Gasteiger partial charge in [-0.2, -0.15) is 0 Å². The molecule has 2 aromatic carbocycles. The van der Waals surface area contributed by atoms with Crippen LogP contribution in [-0.4, -0.2) is 0 Å². The second-order valence-electron chi connectivity index (χ2n) is 5.53. The van der Waals surface area contributed by atoms with Gasteiger partial charge in [0.15, 0.2) is 0 Å². The van der Waals surface area contributed by atoms with Crippen LogP contribution in [0.3, 0.4) is 0 Å². The van der Waals surface area contributed by atoms with Gasteiger partial charge >= 0.3 is 0 Å². The van der Waals surface area contributed by atoms with E-state index in [1.807, 2.05) is 19.9 Å². The first-order valence-corrected chi connectivity index (χ1v) is 6.49. The van der Waals surface area contributed by atoms with Crippen LogP contribution in [0.4, 0.5) is 4.39 Å². The predicted octanol–water partition coefficient (Wildman–Crippen LogP) is 3.86. The van der Waals surface area contributed by atoms with Crippen molar-refractivity contribution in [3.05, 3.63) is 70.5 Å². The Morgan fingerprint density at radius 1 is 1.05 bits per heavy atom. The first kappa shape index (κ1) is 13.8. The number of aryl methyl sites for hydroxylation is 2. The van der Waals surface area contributed by atoms with Crippen LogP contribution in [0.15, 0.2) is 42.5 Å². The van der Waals surface area contributed by atoms with Gasteiger partial charge in [0, 0.05) is 5.54 Å². The molecule has 1 nitrogen and oxygen atoms in total. The molecule has 0 spiro atoms. The number of hydrogen-bond acceptors (Lipinski definition) is 1. The summed E-state index contributed by atoms with van der Waals surface area (Å²) in [7, 11) is 0. The van der Waals surface area contributed by atoms with Crippen LogP contribution in [0.1, 0.15) is 29.2 Å². The monoisotopic (exact) mass is 257 g/mol. The van der Waals surface area contributed by atoms with Crippen molar-refractivity contribution in [2.75, 3.05) is 0 Å². The molecule has 100 valence electrons. The van der Waals surface area contributed by atoms with Crippen molar-refractivity contribution >= 4 is 0 Å². The molecule has 2 aromatic rings. The second kappa shape index (κ2) is 5.14. The SMILES string of the molecule is Cc1ccc(C(C)(N)Cc2ccc(F)cc2C)cc1. The number of halogens is 1. The van der Waals surface area contributed by atoms with E-state index in [4.69, 9.17) is 5.73 Å². The Kier molecular flexibility index (Phi) is 3.72. The van der Waals surface area contributed by atoms with E-state index in [0.29, 0.717) is 6.42 Å². The van der Waals surface area contributed by atoms with Crippen molar-refractivity contribution in [3.63, 3.8) is 0 Å². The first-order chi connectivity index (χ1) is 8.88. The maximum atomic E-state index is 13.1. The zero-order valence-electron chi connectivity index (χ0n) is 11.7. The number of rotatable bonds is 3. The predicted molar refractivity (Wildman–Crippen MR) is 77.6 cm³/mol. The van der Waals surface area contributed by atoms with Crippen molar-refractivity contribution in [1.29, 1.82) is 0 Å². The van der Waals surface area contributed by atoms with Gasteiger partial charge in [0.2, 0.25) is 0 Å². The fraction of sp³-hybridized carbons (Fsp3) is 0.294. The minimum absolute atomic E-state index is 0.199. The molecule has 2 heteroatoms. The molecule has 19 heavy (non-hydrogen) atoms. The summed E-state index contributed by atoms with van der Waals surface area (Å²) in [6.07, 6.45) is 0.697. The molecule has 0 radical (unpaired) electrons. The van der Waals surface area contributed by atoms with Crippen molar-refractivity contribution in [1.82, 2.24) is 0 Å². The third-order valence-corrected chi connectivity index (χ3v) is 3.57. The lowest BCUT2D eigenvalue weighted by atomic mass is 9.85. The Balaban J connectivity index is 2.27. The molecule has 2 rings (SSSR count). The highest BCUT2D eigenvalue weighted by Crippen LogP contribution is 2.25. The van der Waals surface area contributed by atoms with Crippen LogP contribution in [0, 0.1) is 19.7 Å². The third-order valence-electron chi connectivity index (χ3n) is 3.57. The van der Waals surface area contributed by atoms with E-state index in [0.717, 1.165) is 16.7 Å². The summed E-state index contributed by atoms with van der Waals surface area (Å²) in [6.45, 7) is 5.99. The minimum Gasteiger partial charge on any atom is -0.321 e. The molecular weight excluding hydrogens is 237 g/mol. The lowest BCUT2D eigenvalue weighted by Gasteiger charge is -2.26. The molecule has 0 aliphatic carbocycles. The largest absolute Gasteiger partial charge is 0.321 e. The fourth-order valence-electron chi connectivity index (χ4n) is 2.29. The van der Waals surface area contributed by atoms with Gasteiger partial charge in [0.05, 0.1) is 0 Å². The Morgan fingerprint density at radius 3 is 2.26 bits per heavy atom. The minimum atomic E-state index is -0.448. The summed E-state index contributed by atoms with van der Waals surface area (Å²) in [6, 6.07) is 13.1. The molecule has 0 saturated carbocycles. The smallest absolute Gasteiger partial charge is 0.123 e. The van der Waals surface area contributed by atoms with E-state index in [-0.39, 0.29) is 5.82 Å². The molecule has 1 unspecified atom stereocenters. The Labute approximate surface area is 114 Å². The van der Waals surface area contributed by atoms with Gasteiger partial charge in [-0.05, 0) is 56.0 Å². The van der Waals surface area contributed by atoms with E-state index in [1.54, 1.807) is 6.07 Å². The zero-order chi connectivity index (χ0) is 14.0. The van der Waals surface area contributed by atoms with E-state index >= 15 is 0 Å². The number of benzene rings is 2. The summed E-state index contributed by atoms with van der Waals surface area (Å²) in [5.41, 5.74) is 10.3. The molecule has 0 heterocycles. The summed E-state index contributed by atoms with van der Waals surface area (Å²) in [5.74, 6) is -0.199. The van der Waals surface area contributed by atoms with Crippen LogP contribution in [-0.2, 0) is 12.0 Å². The van der Waals surface area contributed by atoms with Crippen LogP contribution < -0.4 is 5.73 Å². The van der Waals surface area contributed by atoms with Crippen molar-refractivity contribution in [2.24, 2.45) is 5.73 Å². The second-order valence-corrected chi connectivity index (χ2v) is 5.53. The molecule has 0 aromatic heterocycles. The van der Waals surface area contributed by atoms with Gasteiger partial charge in [-0.1, -0.05) is 35.9 Å². The van der Waals surface area contributed by atoms with Crippen molar-refractivity contribution in [2.45, 2.75) is 32.7 Å². The average molecular weight is 257 g/mol. The summed E-state index contributed by atoms with van der Waals surface area (Å²) in [4.78, 5) is 0. The van der Waals surface area contributed by atoms with Crippen molar-refractivity contribution in [3.8, 4) is 0 Å². The Morgan fingerprint density at radius 2 is 1.68 bits per heavy atom. The van der Waals surface area contributed by atoms with Gasteiger partial charge in [0.25, 0.3) is 0 Å². The summed E-state index contributed by atoms with van der Waals surface area (Å²) >= 11 is 0. The molecule has 0 aliphatic rings. The lowest BCUT2D eigenvalue weighted by Crippen LogP contribution is -2.35. The first-order valence-electron chi connectivity index (χ1n) is 6.49. The Hall–Kier alpha value is -1.67. The fourth-order valence-corrected chi connectivity index (χ4v) is 2.29. The number of nitrogens with two attached hydrogens (primary N) is 1. The van der Waals surface area contributed by atoms with Crippen LogP contribution in [0.5, 0.6) is 0 Å². The maximum absolute atomic E-state index is 13.1. The van der Waals surface area contributed by atoms with Crippen molar-refractivity contribution < 1.29 is 4.39 Å². The lowest BCUT2D eigenvalue weighted by molar-refractivity contribution is 0.489. The standard InChI is InChI=1S/C17H20FN/c1-12-4-7-15(8-5-12)17(3,19)11-14-6-9-16(18)10-13(14)2/h4-10H,11,19H2,1-3H3. The van der Waals surface area contributed by atoms with E-state index in [9.17, 15) is 4.39 Å². The van der Waals surface area contributed by atoms with Gasteiger partial charge < -0.3 is 5.73 Å².